The van der Waals surface area contributed by atoms with Gasteiger partial charge in [-0.1, -0.05) is 47.9 Å². The first-order valence-electron chi connectivity index (χ1n) is 11.6. The number of carbonyl (C=O) groups is 2. The largest absolute Gasteiger partial charge is 0.351 e. The Morgan fingerprint density at radius 3 is 2.62 bits per heavy atom. The number of amides is 2. The normalized spacial score (nSPS) is 14.9. The maximum atomic E-state index is 13.9. The van der Waals surface area contributed by atoms with E-state index in [1.165, 1.54) is 11.3 Å². The van der Waals surface area contributed by atoms with Crippen LogP contribution in [0.5, 0.6) is 0 Å². The molecule has 1 N–H and O–H groups in total. The maximum absolute atomic E-state index is 13.9. The summed E-state index contributed by atoms with van der Waals surface area (Å²) in [6.07, 6.45) is 4.19. The van der Waals surface area contributed by atoms with E-state index >= 15 is 0 Å². The lowest BCUT2D eigenvalue weighted by Gasteiger charge is -2.32. The van der Waals surface area contributed by atoms with Crippen LogP contribution in [0, 0.1) is 6.92 Å². The van der Waals surface area contributed by atoms with Gasteiger partial charge in [-0.05, 0) is 66.4 Å². The van der Waals surface area contributed by atoms with Crippen LogP contribution in [0.4, 0.5) is 5.69 Å². The first-order chi connectivity index (χ1) is 16.6. The van der Waals surface area contributed by atoms with Crippen LogP contribution in [0.1, 0.15) is 42.9 Å². The molecule has 0 spiro atoms. The predicted octanol–water partition coefficient (Wildman–Crippen LogP) is 4.63. The summed E-state index contributed by atoms with van der Waals surface area (Å²) in [4.78, 5) is 29.2. The third-order valence-electron chi connectivity index (χ3n) is 6.35. The van der Waals surface area contributed by atoms with Crippen LogP contribution in [0.15, 0.2) is 65.4 Å². The van der Waals surface area contributed by atoms with Crippen molar-refractivity contribution in [3.05, 3.63) is 76.5 Å². The SMILES string of the molecule is Cc1ccc(N(C(=O)Cn2nnc3ccccc32)[C@H](C(=O)NC2CCCC2)c2ccsc2)cc1. The Kier molecular flexibility index (Phi) is 6.40. The van der Waals surface area contributed by atoms with Gasteiger partial charge in [0.25, 0.3) is 0 Å². The minimum absolute atomic E-state index is 0.0221. The number of thiophene rings is 1. The molecule has 2 heterocycles. The summed E-state index contributed by atoms with van der Waals surface area (Å²) in [6.45, 7) is 1.98. The summed E-state index contributed by atoms with van der Waals surface area (Å²) in [5, 5.41) is 15.5. The van der Waals surface area contributed by atoms with Crippen molar-refractivity contribution in [2.45, 2.75) is 51.2 Å². The van der Waals surface area contributed by atoms with Gasteiger partial charge in [0.2, 0.25) is 11.8 Å². The van der Waals surface area contributed by atoms with E-state index in [1.54, 1.807) is 9.58 Å². The zero-order valence-electron chi connectivity index (χ0n) is 19.1. The van der Waals surface area contributed by atoms with E-state index in [-0.39, 0.29) is 24.4 Å². The Hall–Kier alpha value is -3.52. The first kappa shape index (κ1) is 22.3. The topological polar surface area (TPSA) is 80.1 Å². The Balaban J connectivity index is 1.53. The molecule has 1 atom stereocenters. The molecule has 174 valence electrons. The molecule has 34 heavy (non-hydrogen) atoms. The minimum atomic E-state index is -0.767. The molecule has 0 aliphatic heterocycles. The number of nitrogens with zero attached hydrogens (tertiary/aromatic N) is 4. The van der Waals surface area contributed by atoms with Gasteiger partial charge in [0.1, 0.15) is 18.1 Å². The fraction of sp³-hybridized carbons (Fsp3) is 0.308. The molecule has 0 radical (unpaired) electrons. The number of carbonyl (C=O) groups excluding carboxylic acids is 2. The highest BCUT2D eigenvalue weighted by molar-refractivity contribution is 7.08. The van der Waals surface area contributed by atoms with Crippen LogP contribution in [0.2, 0.25) is 0 Å². The van der Waals surface area contributed by atoms with Gasteiger partial charge in [-0.25, -0.2) is 4.68 Å². The van der Waals surface area contributed by atoms with Crippen molar-refractivity contribution < 1.29 is 9.59 Å². The predicted molar refractivity (Wildman–Crippen MR) is 134 cm³/mol. The van der Waals surface area contributed by atoms with Crippen LogP contribution >= 0.6 is 11.3 Å². The van der Waals surface area contributed by atoms with E-state index < -0.39 is 6.04 Å². The molecule has 1 aliphatic carbocycles. The molecule has 0 saturated heterocycles. The second kappa shape index (κ2) is 9.77. The van der Waals surface area contributed by atoms with Gasteiger partial charge in [0.15, 0.2) is 0 Å². The summed E-state index contributed by atoms with van der Waals surface area (Å²) in [5.74, 6) is -0.375. The lowest BCUT2D eigenvalue weighted by Crippen LogP contribution is -2.47. The number of nitrogens with one attached hydrogen (secondary N) is 1. The van der Waals surface area contributed by atoms with Crippen molar-refractivity contribution in [1.82, 2.24) is 20.3 Å². The van der Waals surface area contributed by atoms with Gasteiger partial charge in [0.05, 0.1) is 5.52 Å². The average molecular weight is 474 g/mol. The number of para-hydroxylation sites is 1. The van der Waals surface area contributed by atoms with Crippen molar-refractivity contribution in [2.24, 2.45) is 0 Å². The quantitative estimate of drug-likeness (QED) is 0.424. The highest BCUT2D eigenvalue weighted by Gasteiger charge is 2.34. The highest BCUT2D eigenvalue weighted by Crippen LogP contribution is 2.31. The number of rotatable bonds is 7. The van der Waals surface area contributed by atoms with E-state index in [1.807, 2.05) is 72.3 Å². The second-order valence-electron chi connectivity index (χ2n) is 8.78. The number of fused-ring (bicyclic) bond motifs is 1. The molecular weight excluding hydrogens is 446 g/mol. The molecule has 1 fully saturated rings. The standard InChI is InChI=1S/C26H27N5O2S/c1-18-10-12-21(13-11-18)31(24(32)16-30-23-9-5-4-8-22(23)28-29-30)25(19-14-15-34-17-19)26(33)27-20-6-2-3-7-20/h4-5,8-15,17,20,25H,2-3,6-7,16H2,1H3,(H,27,33)/t25-/m0/s1. The minimum Gasteiger partial charge on any atom is -0.351 e. The second-order valence-corrected chi connectivity index (χ2v) is 9.56. The summed E-state index contributed by atoms with van der Waals surface area (Å²) >= 11 is 1.52. The molecule has 0 unspecified atom stereocenters. The Bertz CT molecular complexity index is 1280. The van der Waals surface area contributed by atoms with Gasteiger partial charge < -0.3 is 5.32 Å². The van der Waals surface area contributed by atoms with Gasteiger partial charge >= 0.3 is 0 Å². The van der Waals surface area contributed by atoms with Crippen molar-refractivity contribution >= 4 is 39.9 Å². The summed E-state index contributed by atoms with van der Waals surface area (Å²) in [5.41, 5.74) is 4.07. The van der Waals surface area contributed by atoms with Crippen molar-refractivity contribution in [3.63, 3.8) is 0 Å². The van der Waals surface area contributed by atoms with E-state index in [9.17, 15) is 9.59 Å². The van der Waals surface area contributed by atoms with Crippen LogP contribution < -0.4 is 10.2 Å². The van der Waals surface area contributed by atoms with Crippen molar-refractivity contribution in [3.8, 4) is 0 Å². The summed E-state index contributed by atoms with van der Waals surface area (Å²) < 4.78 is 1.60. The summed E-state index contributed by atoms with van der Waals surface area (Å²) in [7, 11) is 0. The lowest BCUT2D eigenvalue weighted by atomic mass is 10.0. The summed E-state index contributed by atoms with van der Waals surface area (Å²) in [6, 6.07) is 16.6. The molecule has 2 aromatic heterocycles. The molecule has 8 heteroatoms. The van der Waals surface area contributed by atoms with E-state index in [4.69, 9.17) is 0 Å². The molecule has 2 aromatic carbocycles. The zero-order valence-corrected chi connectivity index (χ0v) is 19.9. The van der Waals surface area contributed by atoms with Crippen LogP contribution in [0.25, 0.3) is 11.0 Å². The molecule has 2 amide bonds. The first-order valence-corrected chi connectivity index (χ1v) is 12.5. The van der Waals surface area contributed by atoms with Crippen LogP contribution in [-0.2, 0) is 16.1 Å². The molecule has 7 nitrogen and oxygen atoms in total. The number of hydrogen-bond acceptors (Lipinski definition) is 5. The van der Waals surface area contributed by atoms with E-state index in [0.29, 0.717) is 5.69 Å². The third kappa shape index (κ3) is 4.59. The molecule has 0 bridgehead atoms. The third-order valence-corrected chi connectivity index (χ3v) is 7.05. The smallest absolute Gasteiger partial charge is 0.249 e. The van der Waals surface area contributed by atoms with Crippen LogP contribution in [0.3, 0.4) is 0 Å². The molecule has 5 rings (SSSR count). The number of hydrogen-bond donors (Lipinski definition) is 1. The molecule has 4 aromatic rings. The molecular formula is C26H27N5O2S. The van der Waals surface area contributed by atoms with Crippen molar-refractivity contribution in [2.75, 3.05) is 4.90 Å². The van der Waals surface area contributed by atoms with Gasteiger partial charge in [-0.2, -0.15) is 11.3 Å². The number of benzene rings is 2. The van der Waals surface area contributed by atoms with Gasteiger partial charge in [-0.3, -0.25) is 14.5 Å². The van der Waals surface area contributed by atoms with Crippen LogP contribution in [-0.4, -0.2) is 32.9 Å². The Morgan fingerprint density at radius 2 is 1.88 bits per heavy atom. The van der Waals surface area contributed by atoms with E-state index in [2.05, 4.69) is 15.6 Å². The fourth-order valence-corrected chi connectivity index (χ4v) is 5.26. The Morgan fingerprint density at radius 1 is 1.12 bits per heavy atom. The average Bonchev–Trinajstić information content (AvgIpc) is 3.61. The number of aromatic nitrogens is 3. The van der Waals surface area contributed by atoms with Gasteiger partial charge in [-0.15, -0.1) is 5.10 Å². The number of aryl methyl sites for hydroxylation is 1. The lowest BCUT2D eigenvalue weighted by molar-refractivity contribution is -0.127. The van der Waals surface area contributed by atoms with E-state index in [0.717, 1.165) is 47.8 Å². The highest BCUT2D eigenvalue weighted by atomic mass is 32.1. The Labute approximate surface area is 202 Å². The van der Waals surface area contributed by atoms with Crippen molar-refractivity contribution in [1.29, 1.82) is 0 Å². The molecule has 1 aliphatic rings. The monoisotopic (exact) mass is 473 g/mol. The zero-order chi connectivity index (χ0) is 23.5. The fourth-order valence-electron chi connectivity index (χ4n) is 4.58. The number of anilines is 1. The molecule has 1 saturated carbocycles. The van der Waals surface area contributed by atoms with Gasteiger partial charge in [0, 0.05) is 11.7 Å². The maximum Gasteiger partial charge on any atom is 0.249 e.